The van der Waals surface area contributed by atoms with Gasteiger partial charge in [-0.1, -0.05) is 27.3 Å². The fourth-order valence-corrected chi connectivity index (χ4v) is 8.32. The molecule has 4 bridgehead atoms. The summed E-state index contributed by atoms with van der Waals surface area (Å²) >= 11 is 5.21. The Balaban J connectivity index is 1.31. The average molecular weight is 499 g/mol. The van der Waals surface area contributed by atoms with E-state index in [1.54, 1.807) is 11.3 Å². The van der Waals surface area contributed by atoms with E-state index in [0.717, 1.165) is 69.8 Å². The quantitative estimate of drug-likeness (QED) is 0.425. The number of aromatic nitrogens is 3. The van der Waals surface area contributed by atoms with Crippen LogP contribution in [0.15, 0.2) is 41.4 Å². The summed E-state index contributed by atoms with van der Waals surface area (Å²) in [5, 5.41) is 0.861. The number of amides is 1. The summed E-state index contributed by atoms with van der Waals surface area (Å²) in [4.78, 5) is 25.3. The molecule has 31 heavy (non-hydrogen) atoms. The Bertz CT molecular complexity index is 1070. The molecule has 0 spiro atoms. The summed E-state index contributed by atoms with van der Waals surface area (Å²) in [7, 11) is 0. The lowest BCUT2D eigenvalue weighted by Crippen LogP contribution is -2.55. The summed E-state index contributed by atoms with van der Waals surface area (Å²) < 4.78 is 4.26. The topological polar surface area (TPSA) is 51.0 Å². The summed E-state index contributed by atoms with van der Waals surface area (Å²) in [6.45, 7) is 1.57. The molecule has 4 fully saturated rings. The lowest BCUT2D eigenvalue weighted by molar-refractivity contribution is -0.143. The summed E-state index contributed by atoms with van der Waals surface area (Å²) in [6, 6.07) is 6.17. The molecule has 162 valence electrons. The molecule has 4 aliphatic rings. The summed E-state index contributed by atoms with van der Waals surface area (Å²) in [5.74, 6) is 2.62. The first-order valence-corrected chi connectivity index (χ1v) is 13.0. The number of fused-ring (bicyclic) bond motifs is 1. The fraction of sp³-hybridized carbons (Fsp3) is 0.542. The largest absolute Gasteiger partial charge is 0.337 e. The van der Waals surface area contributed by atoms with Crippen molar-refractivity contribution in [3.8, 4) is 0 Å². The first kappa shape index (κ1) is 19.9. The number of nitrogens with zero attached hydrogens (tertiary/aromatic N) is 4. The Morgan fingerprint density at radius 3 is 2.61 bits per heavy atom. The van der Waals surface area contributed by atoms with Crippen molar-refractivity contribution in [2.45, 2.75) is 51.5 Å². The highest BCUT2D eigenvalue weighted by Crippen LogP contribution is 2.60. The van der Waals surface area contributed by atoms with Gasteiger partial charge in [0.2, 0.25) is 5.91 Å². The molecule has 0 radical (unpaired) electrons. The van der Waals surface area contributed by atoms with Crippen LogP contribution in [0.25, 0.3) is 10.2 Å². The number of aryl methyl sites for hydroxylation is 1. The highest BCUT2D eigenvalue weighted by molar-refractivity contribution is 9.10. The third kappa shape index (κ3) is 3.63. The van der Waals surface area contributed by atoms with Crippen molar-refractivity contribution in [3.05, 3.63) is 41.4 Å². The van der Waals surface area contributed by atoms with Crippen LogP contribution in [-0.4, -0.2) is 27.0 Å². The monoisotopic (exact) mass is 498 g/mol. The van der Waals surface area contributed by atoms with Crippen LogP contribution < -0.4 is 4.90 Å². The third-order valence-electron chi connectivity index (χ3n) is 7.66. The SMILES string of the molecule is O=C(N(CCCn1ccnc1)c1nc2ccc(Br)cc2s1)C12CC3CC(CC(C3)C1)C2. The van der Waals surface area contributed by atoms with Crippen LogP contribution in [0, 0.1) is 23.2 Å². The molecule has 5 nitrogen and oxygen atoms in total. The van der Waals surface area contributed by atoms with Crippen molar-refractivity contribution in [2.24, 2.45) is 23.2 Å². The second kappa shape index (κ2) is 7.69. The van der Waals surface area contributed by atoms with Crippen LogP contribution in [0.5, 0.6) is 0 Å². The van der Waals surface area contributed by atoms with E-state index in [-0.39, 0.29) is 5.41 Å². The minimum atomic E-state index is -0.151. The molecule has 3 aromatic rings. The molecule has 7 heteroatoms. The molecule has 0 aliphatic heterocycles. The standard InChI is InChI=1S/C24H27BrN4OS/c25-19-2-3-20-21(11-19)31-23(27-20)29(6-1-5-28-7-4-26-15-28)22(30)24-12-16-8-17(13-24)10-18(9-16)14-24/h2-4,7,11,15-18H,1,5-6,8-10,12-14H2. The number of benzene rings is 1. The molecule has 0 unspecified atom stereocenters. The molecule has 7 rings (SSSR count). The van der Waals surface area contributed by atoms with Gasteiger partial charge in [0.1, 0.15) is 0 Å². The molecule has 0 N–H and O–H groups in total. The smallest absolute Gasteiger partial charge is 0.235 e. The van der Waals surface area contributed by atoms with Gasteiger partial charge in [-0.05, 0) is 80.9 Å². The van der Waals surface area contributed by atoms with E-state index in [1.165, 1.54) is 19.3 Å². The van der Waals surface area contributed by atoms with Gasteiger partial charge in [-0.3, -0.25) is 9.69 Å². The average Bonchev–Trinajstić information content (AvgIpc) is 3.39. The number of rotatable bonds is 6. The van der Waals surface area contributed by atoms with Crippen LogP contribution in [0.4, 0.5) is 5.13 Å². The van der Waals surface area contributed by atoms with Crippen molar-refractivity contribution in [1.82, 2.24) is 14.5 Å². The maximum Gasteiger partial charge on any atom is 0.235 e. The number of hydrogen-bond donors (Lipinski definition) is 0. The van der Waals surface area contributed by atoms with Crippen molar-refractivity contribution in [2.75, 3.05) is 11.4 Å². The molecular formula is C24H27BrN4OS. The molecule has 1 amide bonds. The third-order valence-corrected chi connectivity index (χ3v) is 9.20. The fourth-order valence-electron chi connectivity index (χ4n) is 6.78. The van der Waals surface area contributed by atoms with Gasteiger partial charge in [0, 0.05) is 30.0 Å². The van der Waals surface area contributed by atoms with E-state index < -0.39 is 0 Å². The second-order valence-corrected chi connectivity index (χ2v) is 11.8. The van der Waals surface area contributed by atoms with Crippen LogP contribution in [0.3, 0.4) is 0 Å². The van der Waals surface area contributed by atoms with Crippen molar-refractivity contribution < 1.29 is 4.79 Å². The van der Waals surface area contributed by atoms with Crippen molar-refractivity contribution in [1.29, 1.82) is 0 Å². The molecule has 2 heterocycles. The molecular weight excluding hydrogens is 472 g/mol. The maximum atomic E-state index is 14.2. The zero-order valence-corrected chi connectivity index (χ0v) is 19.9. The molecule has 0 atom stereocenters. The predicted molar refractivity (Wildman–Crippen MR) is 127 cm³/mol. The Morgan fingerprint density at radius 2 is 1.94 bits per heavy atom. The van der Waals surface area contributed by atoms with E-state index in [0.29, 0.717) is 12.5 Å². The van der Waals surface area contributed by atoms with Gasteiger partial charge in [-0.25, -0.2) is 9.97 Å². The zero-order chi connectivity index (χ0) is 21.0. The molecule has 4 aliphatic carbocycles. The van der Waals surface area contributed by atoms with Gasteiger partial charge in [-0.15, -0.1) is 0 Å². The van der Waals surface area contributed by atoms with Gasteiger partial charge in [0.25, 0.3) is 0 Å². The van der Waals surface area contributed by atoms with Crippen LogP contribution >= 0.6 is 27.3 Å². The zero-order valence-electron chi connectivity index (χ0n) is 17.5. The highest BCUT2D eigenvalue weighted by Gasteiger charge is 2.55. The van der Waals surface area contributed by atoms with Crippen LogP contribution in [-0.2, 0) is 11.3 Å². The van der Waals surface area contributed by atoms with Gasteiger partial charge < -0.3 is 4.57 Å². The Hall–Kier alpha value is -1.73. The number of thiazole rings is 1. The number of carbonyl (C=O) groups is 1. The van der Waals surface area contributed by atoms with E-state index in [9.17, 15) is 4.79 Å². The van der Waals surface area contributed by atoms with E-state index in [4.69, 9.17) is 4.98 Å². The normalized spacial score (nSPS) is 29.0. The number of imidazole rings is 1. The first-order valence-electron chi connectivity index (χ1n) is 11.4. The lowest BCUT2D eigenvalue weighted by atomic mass is 9.49. The van der Waals surface area contributed by atoms with Gasteiger partial charge in [-0.2, -0.15) is 0 Å². The minimum Gasteiger partial charge on any atom is -0.337 e. The molecule has 4 saturated carbocycles. The minimum absolute atomic E-state index is 0.151. The Morgan fingerprint density at radius 1 is 1.19 bits per heavy atom. The van der Waals surface area contributed by atoms with Crippen molar-refractivity contribution in [3.63, 3.8) is 0 Å². The lowest BCUT2D eigenvalue weighted by Gasteiger charge is -2.56. The van der Waals surface area contributed by atoms with E-state index >= 15 is 0 Å². The number of anilines is 1. The Kier molecular flexibility index (Phi) is 4.94. The second-order valence-electron chi connectivity index (χ2n) is 9.92. The summed E-state index contributed by atoms with van der Waals surface area (Å²) in [6.07, 6.45) is 13.9. The number of carbonyl (C=O) groups excluding carboxylic acids is 1. The van der Waals surface area contributed by atoms with Crippen LogP contribution in [0.2, 0.25) is 0 Å². The number of halogens is 1. The van der Waals surface area contributed by atoms with Crippen LogP contribution in [0.1, 0.15) is 44.9 Å². The first-order chi connectivity index (χ1) is 15.1. The highest BCUT2D eigenvalue weighted by atomic mass is 79.9. The van der Waals surface area contributed by atoms with Crippen molar-refractivity contribution >= 4 is 48.5 Å². The van der Waals surface area contributed by atoms with Gasteiger partial charge in [0.15, 0.2) is 5.13 Å². The predicted octanol–water partition coefficient (Wildman–Crippen LogP) is 5.90. The van der Waals surface area contributed by atoms with Gasteiger partial charge in [0.05, 0.1) is 22.0 Å². The summed E-state index contributed by atoms with van der Waals surface area (Å²) in [5.41, 5.74) is 0.823. The van der Waals surface area contributed by atoms with E-state index in [1.807, 2.05) is 35.8 Å². The number of hydrogen-bond acceptors (Lipinski definition) is 4. The van der Waals surface area contributed by atoms with E-state index in [2.05, 4.69) is 31.5 Å². The van der Waals surface area contributed by atoms with Gasteiger partial charge >= 0.3 is 0 Å². The molecule has 2 aromatic heterocycles. The Labute approximate surface area is 195 Å². The maximum absolute atomic E-state index is 14.2. The molecule has 0 saturated heterocycles. The molecule has 1 aromatic carbocycles.